The van der Waals surface area contributed by atoms with Gasteiger partial charge >= 0.3 is 0 Å². The van der Waals surface area contributed by atoms with E-state index in [1.54, 1.807) is 0 Å². The van der Waals surface area contributed by atoms with Crippen LogP contribution < -0.4 is 5.32 Å². The molecule has 90 valence electrons. The lowest BCUT2D eigenvalue weighted by molar-refractivity contribution is 0.0770. The van der Waals surface area contributed by atoms with E-state index in [1.165, 1.54) is 11.1 Å². The van der Waals surface area contributed by atoms with Crippen LogP contribution in [0, 0.1) is 6.92 Å². The van der Waals surface area contributed by atoms with Gasteiger partial charge in [0.2, 0.25) is 0 Å². The monoisotopic (exact) mass is 221 g/mol. The van der Waals surface area contributed by atoms with Crippen molar-refractivity contribution in [2.45, 2.75) is 39.8 Å². The van der Waals surface area contributed by atoms with Crippen LogP contribution in [0.25, 0.3) is 0 Å². The molecule has 0 radical (unpaired) electrons. The van der Waals surface area contributed by atoms with E-state index in [-0.39, 0.29) is 0 Å². The molecular weight excluding hydrogens is 198 g/mol. The average Bonchev–Trinajstić information content (AvgIpc) is 2.25. The summed E-state index contributed by atoms with van der Waals surface area (Å²) in [6.07, 6.45) is 1.42. The minimum Gasteiger partial charge on any atom is -0.379 e. The van der Waals surface area contributed by atoms with Gasteiger partial charge in [0.1, 0.15) is 0 Å². The predicted molar refractivity (Wildman–Crippen MR) is 68.6 cm³/mol. The summed E-state index contributed by atoms with van der Waals surface area (Å²) in [5.41, 5.74) is 2.74. The molecule has 0 spiro atoms. The molecule has 0 amide bonds. The number of hydrogen-bond acceptors (Lipinski definition) is 2. The Hall–Kier alpha value is -0.860. The maximum atomic E-state index is 5.48. The van der Waals surface area contributed by atoms with Crippen molar-refractivity contribution in [2.75, 3.05) is 13.2 Å². The van der Waals surface area contributed by atoms with Crippen LogP contribution in [0.15, 0.2) is 24.3 Å². The highest BCUT2D eigenvalue weighted by atomic mass is 16.5. The highest BCUT2D eigenvalue weighted by molar-refractivity contribution is 5.25. The Bertz CT molecular complexity index is 297. The number of aryl methyl sites for hydroxylation is 1. The zero-order valence-electron chi connectivity index (χ0n) is 10.6. The molecule has 1 rings (SSSR count). The molecule has 0 saturated carbocycles. The maximum absolute atomic E-state index is 5.48. The van der Waals surface area contributed by atoms with Crippen molar-refractivity contribution in [1.29, 1.82) is 0 Å². The largest absolute Gasteiger partial charge is 0.379 e. The second-order valence-corrected chi connectivity index (χ2v) is 4.38. The molecule has 0 atom stereocenters. The minimum absolute atomic E-state index is 0.344. The van der Waals surface area contributed by atoms with Gasteiger partial charge in [-0.25, -0.2) is 0 Å². The van der Waals surface area contributed by atoms with Crippen LogP contribution >= 0.6 is 0 Å². The van der Waals surface area contributed by atoms with E-state index in [1.807, 2.05) is 0 Å². The molecule has 1 N–H and O–H groups in total. The number of nitrogens with one attached hydrogen (secondary N) is 1. The van der Waals surface area contributed by atoms with E-state index < -0.39 is 0 Å². The standard InChI is InChI=1S/C14H23NO/c1-12(2)16-10-6-9-15-11-14-8-5-4-7-13(14)3/h4-5,7-8,12,15H,6,9-11H2,1-3H3. The van der Waals surface area contributed by atoms with Gasteiger partial charge in [-0.1, -0.05) is 24.3 Å². The van der Waals surface area contributed by atoms with Crippen molar-refractivity contribution in [3.05, 3.63) is 35.4 Å². The van der Waals surface area contributed by atoms with Gasteiger partial charge in [0, 0.05) is 13.2 Å². The van der Waals surface area contributed by atoms with Gasteiger partial charge in [-0.3, -0.25) is 0 Å². The summed E-state index contributed by atoms with van der Waals surface area (Å²) < 4.78 is 5.48. The van der Waals surface area contributed by atoms with Crippen molar-refractivity contribution in [1.82, 2.24) is 5.32 Å². The minimum atomic E-state index is 0.344. The molecule has 0 aliphatic heterocycles. The first-order chi connectivity index (χ1) is 7.70. The van der Waals surface area contributed by atoms with E-state index in [9.17, 15) is 0 Å². The fourth-order valence-corrected chi connectivity index (χ4v) is 1.55. The highest BCUT2D eigenvalue weighted by Crippen LogP contribution is 2.05. The molecule has 0 aromatic heterocycles. The van der Waals surface area contributed by atoms with E-state index in [4.69, 9.17) is 4.74 Å². The first kappa shape index (κ1) is 13.2. The van der Waals surface area contributed by atoms with E-state index in [0.29, 0.717) is 6.10 Å². The van der Waals surface area contributed by atoms with E-state index in [0.717, 1.165) is 26.1 Å². The van der Waals surface area contributed by atoms with Crippen LogP contribution in [-0.4, -0.2) is 19.3 Å². The fourth-order valence-electron chi connectivity index (χ4n) is 1.55. The van der Waals surface area contributed by atoms with Crippen molar-refractivity contribution in [3.8, 4) is 0 Å². The quantitative estimate of drug-likeness (QED) is 0.715. The zero-order chi connectivity index (χ0) is 11.8. The molecule has 0 saturated heterocycles. The first-order valence-electron chi connectivity index (χ1n) is 6.07. The van der Waals surface area contributed by atoms with Gasteiger partial charge < -0.3 is 10.1 Å². The van der Waals surface area contributed by atoms with Crippen LogP contribution in [0.2, 0.25) is 0 Å². The molecule has 0 bridgehead atoms. The lowest BCUT2D eigenvalue weighted by Gasteiger charge is -2.09. The number of hydrogen-bond donors (Lipinski definition) is 1. The SMILES string of the molecule is Cc1ccccc1CNCCCOC(C)C. The fraction of sp³-hybridized carbons (Fsp3) is 0.571. The van der Waals surface area contributed by atoms with Crippen LogP contribution in [-0.2, 0) is 11.3 Å². The highest BCUT2D eigenvalue weighted by Gasteiger charge is 1.96. The molecule has 0 fully saturated rings. The van der Waals surface area contributed by atoms with Crippen molar-refractivity contribution in [2.24, 2.45) is 0 Å². The van der Waals surface area contributed by atoms with Crippen LogP contribution in [0.4, 0.5) is 0 Å². The molecule has 0 aliphatic rings. The van der Waals surface area contributed by atoms with Gasteiger partial charge in [0.25, 0.3) is 0 Å². The summed E-state index contributed by atoms with van der Waals surface area (Å²) in [6, 6.07) is 8.49. The Balaban J connectivity index is 2.10. The predicted octanol–water partition coefficient (Wildman–Crippen LogP) is 2.90. The number of benzene rings is 1. The molecule has 2 nitrogen and oxygen atoms in total. The molecule has 0 aliphatic carbocycles. The molecule has 0 heterocycles. The Labute approximate surface area is 99.0 Å². The van der Waals surface area contributed by atoms with Crippen LogP contribution in [0.1, 0.15) is 31.4 Å². The second kappa shape index (κ2) is 7.42. The Morgan fingerprint density at radius 1 is 1.25 bits per heavy atom. The summed E-state index contributed by atoms with van der Waals surface area (Å²) in [4.78, 5) is 0. The van der Waals surface area contributed by atoms with Gasteiger partial charge in [-0.2, -0.15) is 0 Å². The normalized spacial score (nSPS) is 11.0. The summed E-state index contributed by atoms with van der Waals surface area (Å²) in [6.45, 7) is 9.11. The number of ether oxygens (including phenoxy) is 1. The molecule has 2 heteroatoms. The van der Waals surface area contributed by atoms with Crippen molar-refractivity contribution >= 4 is 0 Å². The van der Waals surface area contributed by atoms with Gasteiger partial charge in [-0.05, 0) is 44.9 Å². The molecule has 1 aromatic rings. The Kier molecular flexibility index (Phi) is 6.12. The summed E-state index contributed by atoms with van der Waals surface area (Å²) in [5, 5.41) is 3.44. The van der Waals surface area contributed by atoms with Crippen molar-refractivity contribution in [3.63, 3.8) is 0 Å². The molecular formula is C14H23NO. The third-order valence-electron chi connectivity index (χ3n) is 2.53. The van der Waals surface area contributed by atoms with Crippen molar-refractivity contribution < 1.29 is 4.74 Å². The Morgan fingerprint density at radius 3 is 2.69 bits per heavy atom. The van der Waals surface area contributed by atoms with E-state index >= 15 is 0 Å². The lowest BCUT2D eigenvalue weighted by atomic mass is 10.1. The summed E-state index contributed by atoms with van der Waals surface area (Å²) in [5.74, 6) is 0. The van der Waals surface area contributed by atoms with Gasteiger partial charge in [0.15, 0.2) is 0 Å². The third kappa shape index (κ3) is 5.29. The summed E-state index contributed by atoms with van der Waals surface area (Å²) in [7, 11) is 0. The first-order valence-corrected chi connectivity index (χ1v) is 6.07. The van der Waals surface area contributed by atoms with Gasteiger partial charge in [-0.15, -0.1) is 0 Å². The summed E-state index contributed by atoms with van der Waals surface area (Å²) >= 11 is 0. The third-order valence-corrected chi connectivity index (χ3v) is 2.53. The molecule has 0 unspecified atom stereocenters. The zero-order valence-corrected chi connectivity index (χ0v) is 10.6. The van der Waals surface area contributed by atoms with E-state index in [2.05, 4.69) is 50.4 Å². The lowest BCUT2D eigenvalue weighted by Crippen LogP contribution is -2.17. The second-order valence-electron chi connectivity index (χ2n) is 4.38. The van der Waals surface area contributed by atoms with Gasteiger partial charge in [0.05, 0.1) is 6.10 Å². The maximum Gasteiger partial charge on any atom is 0.0518 e. The van der Waals surface area contributed by atoms with Crippen LogP contribution in [0.3, 0.4) is 0 Å². The Morgan fingerprint density at radius 2 is 2.00 bits per heavy atom. The molecule has 1 aromatic carbocycles. The smallest absolute Gasteiger partial charge is 0.0518 e. The molecule has 16 heavy (non-hydrogen) atoms. The topological polar surface area (TPSA) is 21.3 Å². The average molecular weight is 221 g/mol. The number of rotatable bonds is 7. The van der Waals surface area contributed by atoms with Crippen LogP contribution in [0.5, 0.6) is 0 Å².